The lowest BCUT2D eigenvalue weighted by atomic mass is 10.2. The van der Waals surface area contributed by atoms with Crippen molar-refractivity contribution < 1.29 is 26.5 Å². The monoisotopic (exact) mass is 429 g/mol. The Balaban J connectivity index is 1.85. The Kier molecular flexibility index (Phi) is 6.81. The first-order chi connectivity index (χ1) is 14.4. The fraction of sp³-hybridized carbons (Fsp3) is 0.136. The smallest absolute Gasteiger partial charge is 0.388 e. The van der Waals surface area contributed by atoms with Crippen molar-refractivity contribution in [2.24, 2.45) is 0 Å². The van der Waals surface area contributed by atoms with Crippen LogP contribution in [0.1, 0.15) is 21.5 Å². The molecule has 0 aliphatic carbocycles. The molecule has 0 saturated carbocycles. The molecule has 0 bridgehead atoms. The van der Waals surface area contributed by atoms with E-state index in [1.807, 2.05) is 0 Å². The molecule has 0 aliphatic rings. The Bertz CT molecular complexity index is 1080. The van der Waals surface area contributed by atoms with Gasteiger partial charge in [0.05, 0.1) is 12.7 Å². The van der Waals surface area contributed by atoms with Crippen LogP contribution in [0.3, 0.4) is 0 Å². The van der Waals surface area contributed by atoms with Gasteiger partial charge in [-0.15, -0.1) is 0 Å². The van der Waals surface area contributed by atoms with E-state index in [4.69, 9.17) is 8.92 Å². The molecular formula is C22H20FNO5S. The summed E-state index contributed by atoms with van der Waals surface area (Å²) in [6.07, 6.45) is 0. The first-order valence-electron chi connectivity index (χ1n) is 9.04. The third-order valence-corrected chi connectivity index (χ3v) is 5.55. The first kappa shape index (κ1) is 21.5. The summed E-state index contributed by atoms with van der Waals surface area (Å²) < 4.78 is 50.0. The van der Waals surface area contributed by atoms with E-state index in [1.54, 1.807) is 42.5 Å². The molecule has 0 radical (unpaired) electrons. The maximum absolute atomic E-state index is 13.2. The van der Waals surface area contributed by atoms with Crippen LogP contribution in [0, 0.1) is 5.82 Å². The minimum atomic E-state index is -4.43. The van der Waals surface area contributed by atoms with E-state index in [0.717, 1.165) is 4.31 Å². The van der Waals surface area contributed by atoms with Crippen LogP contribution in [0.4, 0.5) is 4.39 Å². The number of rotatable bonds is 8. The Labute approximate surface area is 174 Å². The fourth-order valence-electron chi connectivity index (χ4n) is 2.71. The molecule has 0 unspecified atom stereocenters. The summed E-state index contributed by atoms with van der Waals surface area (Å²) in [4.78, 5) is 12.3. The number of benzene rings is 3. The first-order valence-corrected chi connectivity index (χ1v) is 10.4. The van der Waals surface area contributed by atoms with Crippen molar-refractivity contribution in [1.82, 2.24) is 4.31 Å². The van der Waals surface area contributed by atoms with Crippen molar-refractivity contribution in [2.75, 3.05) is 7.11 Å². The van der Waals surface area contributed by atoms with Gasteiger partial charge in [-0.1, -0.05) is 42.5 Å². The number of halogens is 1. The topological polar surface area (TPSA) is 72.9 Å². The van der Waals surface area contributed by atoms with Crippen molar-refractivity contribution in [3.8, 4) is 5.75 Å². The molecule has 0 N–H and O–H groups in total. The summed E-state index contributed by atoms with van der Waals surface area (Å²) in [5.74, 6) is -0.782. The number of methoxy groups -OCH3 is 1. The Hall–Kier alpha value is -3.23. The minimum absolute atomic E-state index is 0.0498. The zero-order valence-electron chi connectivity index (χ0n) is 16.2. The molecule has 3 aromatic rings. The maximum atomic E-state index is 13.2. The third-order valence-electron chi connectivity index (χ3n) is 4.30. The summed E-state index contributed by atoms with van der Waals surface area (Å²) in [6, 6.07) is 20.1. The molecular weight excluding hydrogens is 409 g/mol. The van der Waals surface area contributed by atoms with Crippen LogP contribution in [-0.2, 0) is 27.6 Å². The molecule has 0 atom stereocenters. The second-order valence-corrected chi connectivity index (χ2v) is 7.98. The molecule has 3 aromatic carbocycles. The molecule has 3 rings (SSSR count). The quantitative estimate of drug-likeness (QED) is 0.542. The predicted molar refractivity (Wildman–Crippen MR) is 109 cm³/mol. The summed E-state index contributed by atoms with van der Waals surface area (Å²) in [5.41, 5.74) is 1.33. The standard InChI is InChI=1S/C22H20FNO5S/c1-28-21-13-9-18(10-14-21)16-24(15-17-7-11-20(23)12-8-17)30(26,27)29-22(25)19-5-3-2-4-6-19/h2-14H,15-16H2,1H3. The molecule has 6 nitrogen and oxygen atoms in total. The van der Waals surface area contributed by atoms with Crippen molar-refractivity contribution in [2.45, 2.75) is 13.1 Å². The van der Waals surface area contributed by atoms with E-state index in [2.05, 4.69) is 0 Å². The van der Waals surface area contributed by atoms with Crippen LogP contribution >= 0.6 is 0 Å². The molecule has 0 amide bonds. The van der Waals surface area contributed by atoms with Gasteiger partial charge in [0.2, 0.25) is 0 Å². The second kappa shape index (κ2) is 9.51. The van der Waals surface area contributed by atoms with Gasteiger partial charge in [-0.05, 0) is 47.5 Å². The lowest BCUT2D eigenvalue weighted by Crippen LogP contribution is -2.33. The molecule has 8 heteroatoms. The molecule has 0 fully saturated rings. The van der Waals surface area contributed by atoms with E-state index in [1.165, 1.54) is 43.5 Å². The van der Waals surface area contributed by atoms with E-state index < -0.39 is 22.1 Å². The van der Waals surface area contributed by atoms with Gasteiger partial charge in [0.15, 0.2) is 0 Å². The summed E-state index contributed by atoms with van der Waals surface area (Å²) in [7, 11) is -2.90. The number of nitrogens with zero attached hydrogens (tertiary/aromatic N) is 1. The Morgan fingerprint density at radius 2 is 1.40 bits per heavy atom. The zero-order chi connectivity index (χ0) is 21.6. The van der Waals surface area contributed by atoms with Gasteiger partial charge >= 0.3 is 16.3 Å². The number of carbonyl (C=O) groups excluding carboxylic acids is 1. The zero-order valence-corrected chi connectivity index (χ0v) is 17.0. The average Bonchev–Trinajstić information content (AvgIpc) is 2.75. The number of hydrogen-bond donors (Lipinski definition) is 0. The summed E-state index contributed by atoms with van der Waals surface area (Å²) in [5, 5.41) is 0. The fourth-order valence-corrected chi connectivity index (χ4v) is 3.72. The Morgan fingerprint density at radius 1 is 0.867 bits per heavy atom. The van der Waals surface area contributed by atoms with Crippen molar-refractivity contribution in [1.29, 1.82) is 0 Å². The third kappa shape index (κ3) is 5.65. The van der Waals surface area contributed by atoms with E-state index in [-0.39, 0.29) is 18.7 Å². The van der Waals surface area contributed by atoms with E-state index in [9.17, 15) is 17.6 Å². The van der Waals surface area contributed by atoms with Gasteiger partial charge in [0.1, 0.15) is 11.6 Å². The average molecular weight is 429 g/mol. The van der Waals surface area contributed by atoms with Gasteiger partial charge in [0, 0.05) is 13.1 Å². The number of ether oxygens (including phenoxy) is 1. The second-order valence-electron chi connectivity index (χ2n) is 6.44. The largest absolute Gasteiger partial charge is 0.497 e. The van der Waals surface area contributed by atoms with Crippen LogP contribution in [0.5, 0.6) is 5.75 Å². The van der Waals surface area contributed by atoms with Gasteiger partial charge in [0.25, 0.3) is 0 Å². The lowest BCUT2D eigenvalue weighted by Gasteiger charge is -2.21. The lowest BCUT2D eigenvalue weighted by molar-refractivity contribution is 0.0729. The number of carbonyl (C=O) groups is 1. The number of hydrogen-bond acceptors (Lipinski definition) is 5. The maximum Gasteiger partial charge on any atom is 0.388 e. The van der Waals surface area contributed by atoms with Crippen LogP contribution in [0.15, 0.2) is 78.9 Å². The molecule has 0 heterocycles. The summed E-state index contributed by atoms with van der Waals surface area (Å²) >= 11 is 0. The van der Waals surface area contributed by atoms with E-state index in [0.29, 0.717) is 16.9 Å². The SMILES string of the molecule is COc1ccc(CN(Cc2ccc(F)cc2)S(=O)(=O)OC(=O)c2ccccc2)cc1. The summed E-state index contributed by atoms with van der Waals surface area (Å²) in [6.45, 7) is -0.150. The highest BCUT2D eigenvalue weighted by molar-refractivity contribution is 7.84. The van der Waals surface area contributed by atoms with Crippen molar-refractivity contribution in [3.05, 3.63) is 101 Å². The molecule has 0 saturated heterocycles. The highest BCUT2D eigenvalue weighted by Crippen LogP contribution is 2.19. The highest BCUT2D eigenvalue weighted by Gasteiger charge is 2.28. The molecule has 0 spiro atoms. The Morgan fingerprint density at radius 3 is 1.93 bits per heavy atom. The normalized spacial score (nSPS) is 11.3. The van der Waals surface area contributed by atoms with Gasteiger partial charge in [-0.3, -0.25) is 0 Å². The van der Waals surface area contributed by atoms with Gasteiger partial charge in [-0.2, -0.15) is 12.7 Å². The minimum Gasteiger partial charge on any atom is -0.497 e. The highest BCUT2D eigenvalue weighted by atomic mass is 32.2. The van der Waals surface area contributed by atoms with Crippen LogP contribution < -0.4 is 4.74 Å². The molecule has 30 heavy (non-hydrogen) atoms. The van der Waals surface area contributed by atoms with Crippen molar-refractivity contribution >= 4 is 16.3 Å². The van der Waals surface area contributed by atoms with Gasteiger partial charge < -0.3 is 8.92 Å². The van der Waals surface area contributed by atoms with Crippen LogP contribution in [0.2, 0.25) is 0 Å². The molecule has 156 valence electrons. The molecule has 0 aromatic heterocycles. The predicted octanol–water partition coefficient (Wildman–Crippen LogP) is 3.94. The van der Waals surface area contributed by atoms with Gasteiger partial charge in [-0.25, -0.2) is 9.18 Å². The molecule has 0 aliphatic heterocycles. The van der Waals surface area contributed by atoms with E-state index >= 15 is 0 Å². The van der Waals surface area contributed by atoms with Crippen molar-refractivity contribution in [3.63, 3.8) is 0 Å². The van der Waals surface area contributed by atoms with Crippen LogP contribution in [0.25, 0.3) is 0 Å². The van der Waals surface area contributed by atoms with Crippen LogP contribution in [-0.4, -0.2) is 25.8 Å².